The van der Waals surface area contributed by atoms with Crippen molar-refractivity contribution >= 4 is 10.9 Å². The second-order valence-corrected chi connectivity index (χ2v) is 10.4. The van der Waals surface area contributed by atoms with Crippen LogP contribution in [0.15, 0.2) is 29.1 Å². The maximum atomic E-state index is 13.1. The van der Waals surface area contributed by atoms with Gasteiger partial charge in [-0.1, -0.05) is 57.6 Å². The molecule has 2 fully saturated rings. The Kier molecular flexibility index (Phi) is 7.09. The van der Waals surface area contributed by atoms with Crippen LogP contribution in [0, 0.1) is 6.92 Å². The van der Waals surface area contributed by atoms with Crippen LogP contribution in [0.2, 0.25) is 0 Å². The fourth-order valence-electron chi connectivity index (χ4n) is 6.15. The third-order valence-corrected chi connectivity index (χ3v) is 8.00. The number of benzene rings is 1. The fourth-order valence-corrected chi connectivity index (χ4v) is 6.15. The summed E-state index contributed by atoms with van der Waals surface area (Å²) in [7, 11) is 0. The maximum Gasteiger partial charge on any atom is 0.252 e. The zero-order chi connectivity index (χ0) is 23.5. The summed E-state index contributed by atoms with van der Waals surface area (Å²) in [5.74, 6) is 0.979. The van der Waals surface area contributed by atoms with E-state index in [0.717, 1.165) is 47.1 Å². The normalized spacial score (nSPS) is 19.1. The monoisotopic (exact) mass is 462 g/mol. The molecule has 0 unspecified atom stereocenters. The highest BCUT2D eigenvalue weighted by Gasteiger charge is 2.33. The molecule has 34 heavy (non-hydrogen) atoms. The van der Waals surface area contributed by atoms with E-state index in [9.17, 15) is 4.79 Å². The van der Waals surface area contributed by atoms with Gasteiger partial charge in [0.05, 0.1) is 12.1 Å². The van der Waals surface area contributed by atoms with E-state index in [-0.39, 0.29) is 11.6 Å². The number of hydrogen-bond donors (Lipinski definition) is 1. The number of fused-ring (bicyclic) bond motifs is 1. The van der Waals surface area contributed by atoms with Gasteiger partial charge in [-0.05, 0) is 72.5 Å². The largest absolute Gasteiger partial charge is 0.322 e. The Bertz CT molecular complexity index is 1160. The number of aryl methyl sites for hydroxylation is 1. The number of nitrogens with one attached hydrogen (secondary N) is 1. The summed E-state index contributed by atoms with van der Waals surface area (Å²) >= 11 is 0. The molecule has 0 radical (unpaired) electrons. The second kappa shape index (κ2) is 10.4. The van der Waals surface area contributed by atoms with Crippen molar-refractivity contribution in [3.05, 3.63) is 51.6 Å². The summed E-state index contributed by atoms with van der Waals surface area (Å²) in [6, 6.07) is 9.30. The van der Waals surface area contributed by atoms with Crippen molar-refractivity contribution in [3.63, 3.8) is 0 Å². The third-order valence-electron chi connectivity index (χ3n) is 8.00. The highest BCUT2D eigenvalue weighted by atomic mass is 16.1. The Morgan fingerprint density at radius 3 is 2.53 bits per heavy atom. The minimum Gasteiger partial charge on any atom is -0.322 e. The molecule has 1 aromatic carbocycles. The van der Waals surface area contributed by atoms with Crippen molar-refractivity contribution < 1.29 is 0 Å². The van der Waals surface area contributed by atoms with E-state index in [1.54, 1.807) is 0 Å². The predicted molar refractivity (Wildman–Crippen MR) is 135 cm³/mol. The Labute approximate surface area is 201 Å². The summed E-state index contributed by atoms with van der Waals surface area (Å²) < 4.78 is 2.12. The van der Waals surface area contributed by atoms with Crippen LogP contribution in [-0.2, 0) is 6.54 Å². The number of aromatic amines is 1. The zero-order valence-corrected chi connectivity index (χ0v) is 20.7. The Morgan fingerprint density at radius 1 is 1.06 bits per heavy atom. The first-order valence-corrected chi connectivity index (χ1v) is 13.3. The maximum absolute atomic E-state index is 13.1. The molecule has 182 valence electrons. The Morgan fingerprint density at radius 2 is 1.79 bits per heavy atom. The van der Waals surface area contributed by atoms with E-state index in [4.69, 9.17) is 0 Å². The van der Waals surface area contributed by atoms with Crippen LogP contribution >= 0.6 is 0 Å². The number of tetrazole rings is 1. The van der Waals surface area contributed by atoms with Crippen molar-refractivity contribution in [2.45, 2.75) is 109 Å². The average Bonchev–Trinajstić information content (AvgIpc) is 3.35. The molecule has 0 aliphatic heterocycles. The molecule has 2 aliphatic rings. The van der Waals surface area contributed by atoms with Crippen molar-refractivity contribution in [2.24, 2.45) is 0 Å². The van der Waals surface area contributed by atoms with Crippen LogP contribution in [0.4, 0.5) is 0 Å². The lowest BCUT2D eigenvalue weighted by molar-refractivity contribution is 0.0821. The number of pyridine rings is 1. The van der Waals surface area contributed by atoms with Crippen LogP contribution in [0.25, 0.3) is 10.9 Å². The van der Waals surface area contributed by atoms with E-state index in [0.29, 0.717) is 18.6 Å². The molecule has 7 heteroatoms. The summed E-state index contributed by atoms with van der Waals surface area (Å²) in [4.78, 5) is 18.8. The molecule has 2 aliphatic carbocycles. The van der Waals surface area contributed by atoms with Gasteiger partial charge in [-0.25, -0.2) is 4.68 Å². The molecule has 1 N–H and O–H groups in total. The van der Waals surface area contributed by atoms with Gasteiger partial charge in [0.1, 0.15) is 0 Å². The molecule has 0 spiro atoms. The molecule has 5 rings (SSSR count). The molecule has 2 saturated carbocycles. The average molecular weight is 463 g/mol. The van der Waals surface area contributed by atoms with Crippen LogP contribution < -0.4 is 5.56 Å². The van der Waals surface area contributed by atoms with E-state index >= 15 is 0 Å². The zero-order valence-electron chi connectivity index (χ0n) is 20.7. The molecule has 0 bridgehead atoms. The highest BCUT2D eigenvalue weighted by molar-refractivity contribution is 5.79. The first-order valence-electron chi connectivity index (χ1n) is 13.3. The van der Waals surface area contributed by atoms with Crippen molar-refractivity contribution in [1.29, 1.82) is 0 Å². The molecule has 3 aromatic rings. The smallest absolute Gasteiger partial charge is 0.252 e. The molecule has 0 saturated heterocycles. The van der Waals surface area contributed by atoms with Crippen molar-refractivity contribution in [2.75, 3.05) is 0 Å². The van der Waals surface area contributed by atoms with Gasteiger partial charge in [-0.3, -0.25) is 9.69 Å². The fraction of sp³-hybridized carbons (Fsp3) is 0.630. The van der Waals surface area contributed by atoms with Gasteiger partial charge in [-0.15, -0.1) is 5.10 Å². The van der Waals surface area contributed by atoms with E-state index in [1.165, 1.54) is 51.4 Å². The quantitative estimate of drug-likeness (QED) is 0.493. The SMILES string of the molecule is CC[C@H](c1nnnn1C1CCCCC1)N(Cc1cc2ccc(C)cc2[nH]c1=O)C1CCCCC1. The first kappa shape index (κ1) is 23.2. The first-order chi connectivity index (χ1) is 16.6. The molecule has 1 atom stereocenters. The van der Waals surface area contributed by atoms with Crippen LogP contribution in [0.1, 0.15) is 107 Å². The molecule has 2 heterocycles. The van der Waals surface area contributed by atoms with Crippen LogP contribution in [0.3, 0.4) is 0 Å². The van der Waals surface area contributed by atoms with Gasteiger partial charge >= 0.3 is 0 Å². The standard InChI is InChI=1S/C27H38N6O/c1-3-25(26-29-30-31-33(26)23-12-8-5-9-13-23)32(22-10-6-4-7-11-22)18-21-17-20-15-14-19(2)16-24(20)28-27(21)34/h14-17,22-23,25H,3-13,18H2,1-2H3,(H,28,34)/t25-/m1/s1. The minimum atomic E-state index is 0.0145. The van der Waals surface area contributed by atoms with Gasteiger partial charge in [0, 0.05) is 23.7 Å². The van der Waals surface area contributed by atoms with Gasteiger partial charge in [0.2, 0.25) is 0 Å². The molecule has 7 nitrogen and oxygen atoms in total. The summed E-state index contributed by atoms with van der Waals surface area (Å²) in [5, 5.41) is 14.3. The topological polar surface area (TPSA) is 79.7 Å². The number of H-pyrrole nitrogens is 1. The third kappa shape index (κ3) is 4.81. The molecule has 2 aromatic heterocycles. The Balaban J connectivity index is 1.51. The number of aromatic nitrogens is 5. The summed E-state index contributed by atoms with van der Waals surface area (Å²) in [6.45, 7) is 4.91. The lowest BCUT2D eigenvalue weighted by Crippen LogP contribution is -2.41. The molecular weight excluding hydrogens is 424 g/mol. The van der Waals surface area contributed by atoms with Crippen LogP contribution in [-0.4, -0.2) is 36.1 Å². The van der Waals surface area contributed by atoms with Gasteiger partial charge in [0.15, 0.2) is 5.82 Å². The number of hydrogen-bond acceptors (Lipinski definition) is 5. The Hall–Kier alpha value is -2.54. The van der Waals surface area contributed by atoms with Crippen molar-refractivity contribution in [1.82, 2.24) is 30.1 Å². The minimum absolute atomic E-state index is 0.0145. The predicted octanol–water partition coefficient (Wildman–Crippen LogP) is 5.61. The molecular formula is C27H38N6O. The highest BCUT2D eigenvalue weighted by Crippen LogP contribution is 2.35. The van der Waals surface area contributed by atoms with E-state index < -0.39 is 0 Å². The lowest BCUT2D eigenvalue weighted by atomic mass is 9.91. The van der Waals surface area contributed by atoms with Gasteiger partial charge < -0.3 is 4.98 Å². The summed E-state index contributed by atoms with van der Waals surface area (Å²) in [5.41, 5.74) is 2.91. The van der Waals surface area contributed by atoms with E-state index in [2.05, 4.69) is 62.1 Å². The van der Waals surface area contributed by atoms with Crippen LogP contribution in [0.5, 0.6) is 0 Å². The van der Waals surface area contributed by atoms with E-state index in [1.807, 2.05) is 6.07 Å². The number of nitrogens with zero attached hydrogens (tertiary/aromatic N) is 5. The molecule has 0 amide bonds. The van der Waals surface area contributed by atoms with Crippen molar-refractivity contribution in [3.8, 4) is 0 Å². The summed E-state index contributed by atoms with van der Waals surface area (Å²) in [6.07, 6.45) is 13.2. The lowest BCUT2D eigenvalue weighted by Gasteiger charge is -2.39. The second-order valence-electron chi connectivity index (χ2n) is 10.4. The van der Waals surface area contributed by atoms with Gasteiger partial charge in [-0.2, -0.15) is 0 Å². The van der Waals surface area contributed by atoms with Gasteiger partial charge in [0.25, 0.3) is 5.56 Å². The number of rotatable bonds is 7.